The number of hydrogen-bond acceptors (Lipinski definition) is 3. The standard InChI is InChI=1S/C18H26F3NO4Si/c1-17(2,3)27(4,5)26-10-9-14(16(24)25)22-15(23)12-7-6-8-13(11-12)18(19,20)21/h6-8,11,14H,9-10H2,1-5H3,(H,22,23)(H,24,25)/t14-/m1/s1. The highest BCUT2D eigenvalue weighted by Crippen LogP contribution is 2.36. The Kier molecular flexibility index (Phi) is 7.23. The number of carboxylic acids is 1. The number of halogens is 3. The van der Waals surface area contributed by atoms with Crippen molar-refractivity contribution >= 4 is 20.2 Å². The average molecular weight is 405 g/mol. The maximum absolute atomic E-state index is 12.8. The third-order valence-corrected chi connectivity index (χ3v) is 9.27. The lowest BCUT2D eigenvalue weighted by molar-refractivity contribution is -0.140. The Hall–Kier alpha value is -1.87. The van der Waals surface area contributed by atoms with Gasteiger partial charge in [-0.2, -0.15) is 13.2 Å². The van der Waals surface area contributed by atoms with Gasteiger partial charge < -0.3 is 14.8 Å². The fourth-order valence-electron chi connectivity index (χ4n) is 1.98. The number of carbonyl (C=O) groups excluding carboxylic acids is 1. The van der Waals surface area contributed by atoms with Gasteiger partial charge >= 0.3 is 12.1 Å². The fraction of sp³-hybridized carbons (Fsp3) is 0.556. The molecule has 0 aliphatic carbocycles. The van der Waals surface area contributed by atoms with Gasteiger partial charge in [-0.25, -0.2) is 4.79 Å². The number of carboxylic acid groups (broad SMARTS) is 1. The van der Waals surface area contributed by atoms with Crippen LogP contribution in [0.4, 0.5) is 13.2 Å². The highest BCUT2D eigenvalue weighted by Gasteiger charge is 2.37. The Bertz CT molecular complexity index is 684. The second-order valence-electron chi connectivity index (χ2n) is 7.84. The third kappa shape index (κ3) is 6.66. The van der Waals surface area contributed by atoms with Gasteiger partial charge in [-0.05, 0) is 36.3 Å². The second kappa shape index (κ2) is 8.43. The number of alkyl halides is 3. The predicted octanol–water partition coefficient (Wildman–Crippen LogP) is 4.30. The molecule has 152 valence electrons. The van der Waals surface area contributed by atoms with E-state index in [1.165, 1.54) is 6.07 Å². The zero-order valence-corrected chi connectivity index (χ0v) is 17.1. The van der Waals surface area contributed by atoms with Crippen molar-refractivity contribution in [3.8, 4) is 0 Å². The van der Waals surface area contributed by atoms with Gasteiger partial charge in [0.1, 0.15) is 6.04 Å². The second-order valence-corrected chi connectivity index (χ2v) is 12.6. The lowest BCUT2D eigenvalue weighted by atomic mass is 10.1. The van der Waals surface area contributed by atoms with Gasteiger partial charge in [0, 0.05) is 18.6 Å². The largest absolute Gasteiger partial charge is 0.480 e. The van der Waals surface area contributed by atoms with Crippen LogP contribution < -0.4 is 5.32 Å². The predicted molar refractivity (Wildman–Crippen MR) is 98.1 cm³/mol. The van der Waals surface area contributed by atoms with Crippen LogP contribution in [0.5, 0.6) is 0 Å². The molecule has 0 spiro atoms. The van der Waals surface area contributed by atoms with E-state index in [9.17, 15) is 27.9 Å². The van der Waals surface area contributed by atoms with Gasteiger partial charge in [0.2, 0.25) is 0 Å². The van der Waals surface area contributed by atoms with E-state index in [1.54, 1.807) is 0 Å². The zero-order chi connectivity index (χ0) is 21.0. The minimum Gasteiger partial charge on any atom is -0.480 e. The molecular weight excluding hydrogens is 379 g/mol. The minimum atomic E-state index is -4.58. The molecule has 1 atom stereocenters. The lowest BCUT2D eigenvalue weighted by Crippen LogP contribution is -2.44. The van der Waals surface area contributed by atoms with Gasteiger partial charge in [-0.1, -0.05) is 26.8 Å². The summed E-state index contributed by atoms with van der Waals surface area (Å²) in [4.78, 5) is 23.6. The monoisotopic (exact) mass is 405 g/mol. The summed E-state index contributed by atoms with van der Waals surface area (Å²) in [6, 6.07) is 2.60. The van der Waals surface area contributed by atoms with E-state index in [0.717, 1.165) is 12.1 Å². The number of carbonyl (C=O) groups is 2. The first kappa shape index (κ1) is 23.2. The van der Waals surface area contributed by atoms with E-state index >= 15 is 0 Å². The van der Waals surface area contributed by atoms with Crippen molar-refractivity contribution in [2.45, 2.75) is 57.5 Å². The molecule has 5 nitrogen and oxygen atoms in total. The molecule has 9 heteroatoms. The quantitative estimate of drug-likeness (QED) is 0.663. The van der Waals surface area contributed by atoms with Crippen LogP contribution in [0.25, 0.3) is 0 Å². The van der Waals surface area contributed by atoms with Crippen LogP contribution >= 0.6 is 0 Å². The number of aliphatic carboxylic acids is 1. The number of hydrogen-bond donors (Lipinski definition) is 2. The molecule has 0 saturated heterocycles. The van der Waals surface area contributed by atoms with E-state index < -0.39 is 38.0 Å². The van der Waals surface area contributed by atoms with Crippen LogP contribution in [0.15, 0.2) is 24.3 Å². The molecule has 0 aromatic heterocycles. The van der Waals surface area contributed by atoms with Crippen LogP contribution in [0, 0.1) is 0 Å². The smallest absolute Gasteiger partial charge is 0.416 e. The van der Waals surface area contributed by atoms with Crippen LogP contribution in [0.1, 0.15) is 43.1 Å². The van der Waals surface area contributed by atoms with Gasteiger partial charge in [0.05, 0.1) is 5.56 Å². The molecule has 0 aliphatic heterocycles. The molecule has 1 aromatic carbocycles. The van der Waals surface area contributed by atoms with Crippen LogP contribution in [-0.2, 0) is 15.4 Å². The average Bonchev–Trinajstić information content (AvgIpc) is 2.51. The Balaban J connectivity index is 2.78. The Labute approximate surface area is 158 Å². The maximum atomic E-state index is 12.8. The summed E-state index contributed by atoms with van der Waals surface area (Å²) in [6.07, 6.45) is -4.56. The molecule has 0 radical (unpaired) electrons. The Morgan fingerprint density at radius 2 is 1.81 bits per heavy atom. The molecular formula is C18H26F3NO4Si. The Morgan fingerprint density at radius 3 is 2.30 bits per heavy atom. The molecule has 0 aliphatic rings. The molecule has 0 fully saturated rings. The summed E-state index contributed by atoms with van der Waals surface area (Å²) in [6.45, 7) is 10.3. The first-order chi connectivity index (χ1) is 12.1. The third-order valence-electron chi connectivity index (χ3n) is 4.73. The van der Waals surface area contributed by atoms with Crippen LogP contribution in [-0.4, -0.2) is 37.9 Å². The van der Waals surface area contributed by atoms with E-state index in [1.807, 2.05) is 33.9 Å². The molecule has 27 heavy (non-hydrogen) atoms. The van der Waals surface area contributed by atoms with Gasteiger partial charge in [-0.15, -0.1) is 0 Å². The van der Waals surface area contributed by atoms with Crippen molar-refractivity contribution in [1.29, 1.82) is 0 Å². The summed E-state index contributed by atoms with van der Waals surface area (Å²) in [5, 5.41) is 11.5. The normalized spacial score (nSPS) is 13.9. The van der Waals surface area contributed by atoms with E-state index in [-0.39, 0.29) is 23.6 Å². The van der Waals surface area contributed by atoms with Crippen molar-refractivity contribution in [2.75, 3.05) is 6.61 Å². The van der Waals surface area contributed by atoms with Gasteiger partial charge in [0.25, 0.3) is 5.91 Å². The molecule has 1 rings (SSSR count). The number of benzene rings is 1. The minimum absolute atomic E-state index is 0.0204. The number of nitrogens with one attached hydrogen (secondary N) is 1. The molecule has 0 bridgehead atoms. The fourth-order valence-corrected chi connectivity index (χ4v) is 3.05. The van der Waals surface area contributed by atoms with Crippen molar-refractivity contribution in [3.63, 3.8) is 0 Å². The van der Waals surface area contributed by atoms with Crippen molar-refractivity contribution in [3.05, 3.63) is 35.4 Å². The maximum Gasteiger partial charge on any atom is 0.416 e. The zero-order valence-electron chi connectivity index (χ0n) is 16.1. The number of rotatable bonds is 7. The summed E-state index contributed by atoms with van der Waals surface area (Å²) < 4.78 is 44.2. The van der Waals surface area contributed by atoms with Crippen molar-refractivity contribution in [1.82, 2.24) is 5.32 Å². The Morgan fingerprint density at radius 1 is 1.22 bits per heavy atom. The SMILES string of the molecule is CC(C)(C)[Si](C)(C)OCC[C@@H](NC(=O)c1cccc(C(F)(F)F)c1)C(=O)O. The summed E-state index contributed by atoms with van der Waals surface area (Å²) >= 11 is 0. The molecule has 1 amide bonds. The summed E-state index contributed by atoms with van der Waals surface area (Å²) in [5.74, 6) is -2.14. The number of amides is 1. The first-order valence-electron chi connectivity index (χ1n) is 8.50. The van der Waals surface area contributed by atoms with E-state index in [4.69, 9.17) is 4.43 Å². The van der Waals surface area contributed by atoms with Crippen molar-refractivity contribution in [2.24, 2.45) is 0 Å². The summed E-state index contributed by atoms with van der Waals surface area (Å²) in [7, 11) is -2.07. The van der Waals surface area contributed by atoms with Crippen LogP contribution in [0.3, 0.4) is 0 Å². The first-order valence-corrected chi connectivity index (χ1v) is 11.4. The highest BCUT2D eigenvalue weighted by molar-refractivity contribution is 6.74. The molecule has 2 N–H and O–H groups in total. The molecule has 1 aromatic rings. The van der Waals surface area contributed by atoms with Crippen LogP contribution in [0.2, 0.25) is 18.1 Å². The molecule has 0 saturated carbocycles. The lowest BCUT2D eigenvalue weighted by Gasteiger charge is -2.36. The van der Waals surface area contributed by atoms with Crippen molar-refractivity contribution < 1.29 is 32.3 Å². The van der Waals surface area contributed by atoms with Gasteiger partial charge in [-0.3, -0.25) is 4.79 Å². The molecule has 0 heterocycles. The highest BCUT2D eigenvalue weighted by atomic mass is 28.4. The topological polar surface area (TPSA) is 75.6 Å². The molecule has 0 unspecified atom stereocenters. The van der Waals surface area contributed by atoms with Gasteiger partial charge in [0.15, 0.2) is 8.32 Å². The van der Waals surface area contributed by atoms with E-state index in [0.29, 0.717) is 6.07 Å². The summed E-state index contributed by atoms with van der Waals surface area (Å²) in [5.41, 5.74) is -1.22. The van der Waals surface area contributed by atoms with E-state index in [2.05, 4.69) is 5.32 Å².